The number of fused-ring (bicyclic) bond motifs is 3. The Labute approximate surface area is 139 Å². The maximum atomic E-state index is 4.30. The molecule has 120 valence electrons. The van der Waals surface area contributed by atoms with Crippen LogP contribution in [0, 0.1) is 6.92 Å². The standard InChI is InChI=1S/C20H25N3/c1-15-7-8-20-17(11-15)18-14-22(2)10-4-6-19(18)23(20)13-16-5-3-9-21-12-16/h3,5,7-9,11-12,18-19H,4,6,10,13-14H2,1-2H3/t18-,19-/m0/s1. The molecule has 0 saturated carbocycles. The van der Waals surface area contributed by atoms with Crippen molar-refractivity contribution in [2.24, 2.45) is 0 Å². The molecule has 0 amide bonds. The number of likely N-dealkylation sites (N-methyl/N-ethyl adjacent to an activating group) is 1. The number of nitrogens with zero attached hydrogens (tertiary/aromatic N) is 3. The number of anilines is 1. The van der Waals surface area contributed by atoms with E-state index < -0.39 is 0 Å². The number of aromatic nitrogens is 1. The lowest BCUT2D eigenvalue weighted by molar-refractivity contribution is 0.330. The van der Waals surface area contributed by atoms with Gasteiger partial charge in [0.25, 0.3) is 0 Å². The molecule has 4 rings (SSSR count). The van der Waals surface area contributed by atoms with Gasteiger partial charge in [0, 0.05) is 43.1 Å². The zero-order chi connectivity index (χ0) is 15.8. The van der Waals surface area contributed by atoms with Gasteiger partial charge in [-0.05, 0) is 56.6 Å². The van der Waals surface area contributed by atoms with Crippen molar-refractivity contribution in [3.05, 3.63) is 59.4 Å². The monoisotopic (exact) mass is 307 g/mol. The predicted octanol–water partition coefficient (Wildman–Crippen LogP) is 3.59. The van der Waals surface area contributed by atoms with Gasteiger partial charge in [-0.25, -0.2) is 0 Å². The molecule has 23 heavy (non-hydrogen) atoms. The Morgan fingerprint density at radius 2 is 2.17 bits per heavy atom. The summed E-state index contributed by atoms with van der Waals surface area (Å²) in [5.74, 6) is 0.633. The van der Waals surface area contributed by atoms with Crippen LogP contribution in [0.3, 0.4) is 0 Å². The highest BCUT2D eigenvalue weighted by molar-refractivity contribution is 5.63. The van der Waals surface area contributed by atoms with Gasteiger partial charge >= 0.3 is 0 Å². The molecule has 2 atom stereocenters. The number of likely N-dealkylation sites (tertiary alicyclic amines) is 1. The number of hydrogen-bond donors (Lipinski definition) is 0. The van der Waals surface area contributed by atoms with E-state index in [9.17, 15) is 0 Å². The van der Waals surface area contributed by atoms with Crippen LogP contribution in [0.2, 0.25) is 0 Å². The summed E-state index contributed by atoms with van der Waals surface area (Å²) in [5.41, 5.74) is 5.66. The Bertz CT molecular complexity index is 683. The first kappa shape index (κ1) is 14.7. The molecule has 1 aromatic heterocycles. The third-order valence-electron chi connectivity index (χ3n) is 5.38. The minimum atomic E-state index is 0.622. The number of aryl methyl sites for hydroxylation is 1. The molecule has 3 heterocycles. The van der Waals surface area contributed by atoms with Gasteiger partial charge in [-0.15, -0.1) is 0 Å². The van der Waals surface area contributed by atoms with E-state index in [1.807, 2.05) is 18.5 Å². The zero-order valence-corrected chi connectivity index (χ0v) is 14.1. The smallest absolute Gasteiger partial charge is 0.0448 e. The van der Waals surface area contributed by atoms with E-state index in [0.29, 0.717) is 12.0 Å². The molecule has 0 radical (unpaired) electrons. The van der Waals surface area contributed by atoms with Crippen LogP contribution in [0.15, 0.2) is 42.7 Å². The van der Waals surface area contributed by atoms with Gasteiger partial charge < -0.3 is 9.80 Å². The fourth-order valence-corrected chi connectivity index (χ4v) is 4.30. The van der Waals surface area contributed by atoms with Crippen LogP contribution >= 0.6 is 0 Å². The Balaban J connectivity index is 1.73. The second kappa shape index (κ2) is 5.97. The normalized spacial score (nSPS) is 24.2. The number of benzene rings is 1. The van der Waals surface area contributed by atoms with E-state index in [4.69, 9.17) is 0 Å². The summed E-state index contributed by atoms with van der Waals surface area (Å²) in [4.78, 5) is 9.44. The highest BCUT2D eigenvalue weighted by Gasteiger charge is 2.39. The molecule has 3 nitrogen and oxygen atoms in total. The summed E-state index contributed by atoms with van der Waals surface area (Å²) < 4.78 is 0. The Hall–Kier alpha value is -1.87. The van der Waals surface area contributed by atoms with Crippen LogP contribution in [0.25, 0.3) is 0 Å². The first-order valence-corrected chi connectivity index (χ1v) is 8.67. The molecule has 1 aromatic carbocycles. The van der Waals surface area contributed by atoms with E-state index in [0.717, 1.165) is 6.54 Å². The fourth-order valence-electron chi connectivity index (χ4n) is 4.30. The molecule has 0 spiro atoms. The largest absolute Gasteiger partial charge is 0.363 e. The first-order valence-electron chi connectivity index (χ1n) is 8.67. The van der Waals surface area contributed by atoms with Crippen molar-refractivity contribution in [2.75, 3.05) is 25.0 Å². The summed E-state index contributed by atoms with van der Waals surface area (Å²) in [6.45, 7) is 5.56. The van der Waals surface area contributed by atoms with Crippen molar-refractivity contribution in [1.29, 1.82) is 0 Å². The average molecular weight is 307 g/mol. The van der Waals surface area contributed by atoms with Gasteiger partial charge in [-0.1, -0.05) is 23.8 Å². The second-order valence-corrected chi connectivity index (χ2v) is 7.13. The molecule has 0 aliphatic carbocycles. The van der Waals surface area contributed by atoms with Crippen molar-refractivity contribution in [3.8, 4) is 0 Å². The van der Waals surface area contributed by atoms with Crippen LogP contribution in [0.1, 0.15) is 35.4 Å². The van der Waals surface area contributed by atoms with Crippen LogP contribution < -0.4 is 4.90 Å². The molecule has 2 aliphatic rings. The van der Waals surface area contributed by atoms with Crippen molar-refractivity contribution < 1.29 is 0 Å². The van der Waals surface area contributed by atoms with Gasteiger partial charge in [0.2, 0.25) is 0 Å². The van der Waals surface area contributed by atoms with Crippen LogP contribution in [-0.4, -0.2) is 36.1 Å². The molecule has 3 heteroatoms. The van der Waals surface area contributed by atoms with Crippen molar-refractivity contribution in [1.82, 2.24) is 9.88 Å². The van der Waals surface area contributed by atoms with Crippen molar-refractivity contribution in [3.63, 3.8) is 0 Å². The highest BCUT2D eigenvalue weighted by Crippen LogP contribution is 2.45. The maximum Gasteiger partial charge on any atom is 0.0448 e. The Morgan fingerprint density at radius 3 is 3.00 bits per heavy atom. The molecule has 0 N–H and O–H groups in total. The third-order valence-corrected chi connectivity index (χ3v) is 5.38. The number of hydrogen-bond acceptors (Lipinski definition) is 3. The fraction of sp³-hybridized carbons (Fsp3) is 0.450. The molecule has 2 aromatic rings. The summed E-state index contributed by atoms with van der Waals surface area (Å²) in [7, 11) is 2.27. The average Bonchev–Trinajstić information content (AvgIpc) is 2.70. The van der Waals surface area contributed by atoms with E-state index in [1.165, 1.54) is 42.7 Å². The number of rotatable bonds is 2. The van der Waals surface area contributed by atoms with Gasteiger partial charge in [-0.2, -0.15) is 0 Å². The second-order valence-electron chi connectivity index (χ2n) is 7.13. The molecule has 0 bridgehead atoms. The van der Waals surface area contributed by atoms with Crippen LogP contribution in [0.4, 0.5) is 5.69 Å². The Morgan fingerprint density at radius 1 is 1.26 bits per heavy atom. The van der Waals surface area contributed by atoms with E-state index in [1.54, 1.807) is 5.56 Å². The van der Waals surface area contributed by atoms with Gasteiger partial charge in [0.05, 0.1) is 0 Å². The lowest BCUT2D eigenvalue weighted by Crippen LogP contribution is -2.35. The van der Waals surface area contributed by atoms with Crippen LogP contribution in [0.5, 0.6) is 0 Å². The molecule has 1 saturated heterocycles. The predicted molar refractivity (Wildman–Crippen MR) is 94.9 cm³/mol. The molecule has 0 unspecified atom stereocenters. The first-order chi connectivity index (χ1) is 11.2. The lowest BCUT2D eigenvalue weighted by Gasteiger charge is -2.29. The summed E-state index contributed by atoms with van der Waals surface area (Å²) >= 11 is 0. The highest BCUT2D eigenvalue weighted by atomic mass is 15.2. The third kappa shape index (κ3) is 2.74. The van der Waals surface area contributed by atoms with Crippen molar-refractivity contribution >= 4 is 5.69 Å². The number of pyridine rings is 1. The van der Waals surface area contributed by atoms with Crippen LogP contribution in [-0.2, 0) is 6.54 Å². The minimum absolute atomic E-state index is 0.622. The van der Waals surface area contributed by atoms with E-state index >= 15 is 0 Å². The molecular formula is C20H25N3. The zero-order valence-electron chi connectivity index (χ0n) is 14.1. The maximum absolute atomic E-state index is 4.30. The van der Waals surface area contributed by atoms with Gasteiger partial charge in [0.1, 0.15) is 0 Å². The van der Waals surface area contributed by atoms with Gasteiger partial charge in [0.15, 0.2) is 0 Å². The SMILES string of the molecule is Cc1ccc2c(c1)[C@@H]1CN(C)CCC[C@@H]1N2Cc1cccnc1. The lowest BCUT2D eigenvalue weighted by atomic mass is 9.92. The summed E-state index contributed by atoms with van der Waals surface area (Å²) in [5, 5.41) is 0. The van der Waals surface area contributed by atoms with E-state index in [-0.39, 0.29) is 0 Å². The van der Waals surface area contributed by atoms with E-state index in [2.05, 4.69) is 53.0 Å². The van der Waals surface area contributed by atoms with Gasteiger partial charge in [-0.3, -0.25) is 4.98 Å². The summed E-state index contributed by atoms with van der Waals surface area (Å²) in [6, 6.07) is 11.9. The quantitative estimate of drug-likeness (QED) is 0.845. The Kier molecular flexibility index (Phi) is 3.82. The molecule has 2 aliphatic heterocycles. The summed E-state index contributed by atoms with van der Waals surface area (Å²) in [6.07, 6.45) is 6.43. The minimum Gasteiger partial charge on any atom is -0.363 e. The topological polar surface area (TPSA) is 19.4 Å². The van der Waals surface area contributed by atoms with Crippen molar-refractivity contribution in [2.45, 2.75) is 38.3 Å². The molecular weight excluding hydrogens is 282 g/mol. The molecule has 1 fully saturated rings.